The summed E-state index contributed by atoms with van der Waals surface area (Å²) in [4.78, 5) is 0. The van der Waals surface area contributed by atoms with Crippen LogP contribution in [0.15, 0.2) is 0 Å². The van der Waals surface area contributed by atoms with Crippen molar-refractivity contribution in [2.75, 3.05) is 33.1 Å². The summed E-state index contributed by atoms with van der Waals surface area (Å²) < 4.78 is 10.6. The molecule has 2 rings (SSSR count). The van der Waals surface area contributed by atoms with E-state index in [-0.39, 0.29) is 11.5 Å². The molecule has 1 saturated carbocycles. The van der Waals surface area contributed by atoms with Gasteiger partial charge in [0.25, 0.3) is 0 Å². The first-order chi connectivity index (χ1) is 7.85. The van der Waals surface area contributed by atoms with Crippen molar-refractivity contribution in [1.29, 1.82) is 0 Å². The zero-order valence-electron chi connectivity index (χ0n) is 9.91. The molecule has 1 unspecified atom stereocenters. The van der Waals surface area contributed by atoms with Crippen molar-refractivity contribution in [3.05, 3.63) is 0 Å². The molecule has 94 valence electrons. The third-order valence-corrected chi connectivity index (χ3v) is 3.84. The molecule has 1 aliphatic carbocycles. The van der Waals surface area contributed by atoms with Crippen LogP contribution in [0.3, 0.4) is 0 Å². The monoisotopic (exact) mass is 229 g/mol. The Balaban J connectivity index is 1.66. The molecule has 0 spiro atoms. The lowest BCUT2D eigenvalue weighted by molar-refractivity contribution is -0.137. The molecule has 1 aliphatic heterocycles. The maximum absolute atomic E-state index is 9.46. The second-order valence-corrected chi connectivity index (χ2v) is 5.10. The number of hydrogen-bond acceptors (Lipinski definition) is 4. The highest BCUT2D eigenvalue weighted by Crippen LogP contribution is 2.36. The maximum atomic E-state index is 9.46. The molecule has 0 aromatic carbocycles. The molecule has 2 N–H and O–H groups in total. The SMILES string of the molecule is OCC1(CNCC2CCOCO2)CCCC1. The van der Waals surface area contributed by atoms with E-state index in [9.17, 15) is 5.11 Å². The quantitative estimate of drug-likeness (QED) is 0.735. The molecule has 4 nitrogen and oxygen atoms in total. The Labute approximate surface area is 97.3 Å². The van der Waals surface area contributed by atoms with Crippen LogP contribution in [-0.4, -0.2) is 44.3 Å². The topological polar surface area (TPSA) is 50.7 Å². The number of nitrogens with one attached hydrogen (secondary N) is 1. The average Bonchev–Trinajstić information content (AvgIpc) is 2.80. The third kappa shape index (κ3) is 3.17. The fraction of sp³-hybridized carbons (Fsp3) is 1.00. The highest BCUT2D eigenvalue weighted by Gasteiger charge is 2.32. The lowest BCUT2D eigenvalue weighted by atomic mass is 9.87. The van der Waals surface area contributed by atoms with Crippen molar-refractivity contribution in [3.8, 4) is 0 Å². The summed E-state index contributed by atoms with van der Waals surface area (Å²) in [6, 6.07) is 0. The van der Waals surface area contributed by atoms with Crippen LogP contribution >= 0.6 is 0 Å². The highest BCUT2D eigenvalue weighted by atomic mass is 16.7. The number of hydrogen-bond donors (Lipinski definition) is 2. The van der Waals surface area contributed by atoms with Crippen LogP contribution in [-0.2, 0) is 9.47 Å². The van der Waals surface area contributed by atoms with Crippen molar-refractivity contribution in [3.63, 3.8) is 0 Å². The number of aliphatic hydroxyl groups is 1. The first-order valence-electron chi connectivity index (χ1n) is 6.36. The lowest BCUT2D eigenvalue weighted by Crippen LogP contribution is -2.40. The number of ether oxygens (including phenoxy) is 2. The molecule has 0 aromatic rings. The van der Waals surface area contributed by atoms with Crippen LogP contribution in [0.4, 0.5) is 0 Å². The first-order valence-corrected chi connectivity index (χ1v) is 6.36. The summed E-state index contributed by atoms with van der Waals surface area (Å²) in [7, 11) is 0. The van der Waals surface area contributed by atoms with Crippen molar-refractivity contribution in [2.24, 2.45) is 5.41 Å². The van der Waals surface area contributed by atoms with E-state index < -0.39 is 0 Å². The van der Waals surface area contributed by atoms with E-state index in [1.807, 2.05) is 0 Å². The van der Waals surface area contributed by atoms with Crippen LogP contribution in [0.5, 0.6) is 0 Å². The summed E-state index contributed by atoms with van der Waals surface area (Å²) in [5.41, 5.74) is 0.144. The van der Waals surface area contributed by atoms with E-state index in [2.05, 4.69) is 5.32 Å². The zero-order chi connectivity index (χ0) is 11.3. The van der Waals surface area contributed by atoms with Gasteiger partial charge in [-0.05, 0) is 19.3 Å². The minimum Gasteiger partial charge on any atom is -0.396 e. The number of aliphatic hydroxyl groups excluding tert-OH is 1. The van der Waals surface area contributed by atoms with E-state index in [1.165, 1.54) is 12.8 Å². The van der Waals surface area contributed by atoms with Crippen LogP contribution in [0.1, 0.15) is 32.1 Å². The molecular formula is C12H23NO3. The average molecular weight is 229 g/mol. The molecule has 0 aromatic heterocycles. The molecule has 0 amide bonds. The Hall–Kier alpha value is -0.160. The molecular weight excluding hydrogens is 206 g/mol. The summed E-state index contributed by atoms with van der Waals surface area (Å²) in [6.45, 7) is 3.35. The van der Waals surface area contributed by atoms with Gasteiger partial charge in [-0.2, -0.15) is 0 Å². The van der Waals surface area contributed by atoms with Crippen molar-refractivity contribution < 1.29 is 14.6 Å². The summed E-state index contributed by atoms with van der Waals surface area (Å²) in [6.07, 6.45) is 6.09. The minimum atomic E-state index is 0.144. The van der Waals surface area contributed by atoms with Crippen LogP contribution in [0.2, 0.25) is 0 Å². The van der Waals surface area contributed by atoms with Crippen LogP contribution in [0, 0.1) is 5.41 Å². The lowest BCUT2D eigenvalue weighted by Gasteiger charge is -2.29. The molecule has 0 bridgehead atoms. The van der Waals surface area contributed by atoms with Gasteiger partial charge in [0.2, 0.25) is 0 Å². The van der Waals surface area contributed by atoms with Gasteiger partial charge in [0, 0.05) is 25.1 Å². The van der Waals surface area contributed by atoms with E-state index in [0.717, 1.165) is 39.0 Å². The molecule has 1 saturated heterocycles. The fourth-order valence-electron chi connectivity index (χ4n) is 2.68. The van der Waals surface area contributed by atoms with Gasteiger partial charge in [-0.25, -0.2) is 0 Å². The Morgan fingerprint density at radius 3 is 2.75 bits per heavy atom. The van der Waals surface area contributed by atoms with E-state index in [4.69, 9.17) is 9.47 Å². The Morgan fingerprint density at radius 1 is 1.31 bits per heavy atom. The van der Waals surface area contributed by atoms with Gasteiger partial charge in [-0.1, -0.05) is 12.8 Å². The fourth-order valence-corrected chi connectivity index (χ4v) is 2.68. The second-order valence-electron chi connectivity index (χ2n) is 5.10. The van der Waals surface area contributed by atoms with Gasteiger partial charge in [-0.15, -0.1) is 0 Å². The zero-order valence-corrected chi connectivity index (χ0v) is 9.91. The van der Waals surface area contributed by atoms with Gasteiger partial charge in [0.15, 0.2) is 0 Å². The van der Waals surface area contributed by atoms with Gasteiger partial charge < -0.3 is 19.9 Å². The van der Waals surface area contributed by atoms with E-state index in [1.54, 1.807) is 0 Å². The van der Waals surface area contributed by atoms with Gasteiger partial charge in [0.1, 0.15) is 6.79 Å². The van der Waals surface area contributed by atoms with Crippen molar-refractivity contribution in [1.82, 2.24) is 5.32 Å². The maximum Gasteiger partial charge on any atom is 0.147 e. The third-order valence-electron chi connectivity index (χ3n) is 3.84. The summed E-state index contributed by atoms with van der Waals surface area (Å²) >= 11 is 0. The molecule has 1 atom stereocenters. The normalized spacial score (nSPS) is 29.4. The number of rotatable bonds is 5. The largest absolute Gasteiger partial charge is 0.396 e. The van der Waals surface area contributed by atoms with E-state index in [0.29, 0.717) is 13.4 Å². The Morgan fingerprint density at radius 2 is 2.12 bits per heavy atom. The second kappa shape index (κ2) is 5.96. The van der Waals surface area contributed by atoms with Gasteiger partial charge in [0.05, 0.1) is 12.7 Å². The highest BCUT2D eigenvalue weighted by molar-refractivity contribution is 4.86. The van der Waals surface area contributed by atoms with Gasteiger partial charge >= 0.3 is 0 Å². The summed E-state index contributed by atoms with van der Waals surface area (Å²) in [5.74, 6) is 0. The Kier molecular flexibility index (Phi) is 4.58. The first kappa shape index (κ1) is 12.3. The smallest absolute Gasteiger partial charge is 0.147 e. The standard InChI is InChI=1S/C12H23NO3/c14-9-12(4-1-2-5-12)8-13-7-11-3-6-15-10-16-11/h11,13-14H,1-10H2. The van der Waals surface area contributed by atoms with Crippen LogP contribution < -0.4 is 5.32 Å². The van der Waals surface area contributed by atoms with Crippen molar-refractivity contribution >= 4 is 0 Å². The summed E-state index contributed by atoms with van der Waals surface area (Å²) in [5, 5.41) is 12.9. The van der Waals surface area contributed by atoms with Gasteiger partial charge in [-0.3, -0.25) is 0 Å². The Bertz CT molecular complexity index is 198. The van der Waals surface area contributed by atoms with Crippen molar-refractivity contribution in [2.45, 2.75) is 38.2 Å². The molecule has 2 aliphatic rings. The van der Waals surface area contributed by atoms with E-state index >= 15 is 0 Å². The van der Waals surface area contributed by atoms with Crippen LogP contribution in [0.25, 0.3) is 0 Å². The molecule has 1 heterocycles. The molecule has 16 heavy (non-hydrogen) atoms. The molecule has 4 heteroatoms. The minimum absolute atomic E-state index is 0.144. The molecule has 2 fully saturated rings. The predicted molar refractivity (Wildman–Crippen MR) is 61.2 cm³/mol. The molecule has 0 radical (unpaired) electrons. The predicted octanol–water partition coefficient (Wildman–Crippen LogP) is 0.892.